The summed E-state index contributed by atoms with van der Waals surface area (Å²) in [6.45, 7) is 5.38. The topological polar surface area (TPSA) is 109 Å². The van der Waals surface area contributed by atoms with Gasteiger partial charge in [-0.05, 0) is 44.5 Å². The predicted molar refractivity (Wildman–Crippen MR) is 106 cm³/mol. The number of fused-ring (bicyclic) bond motifs is 1. The average molecular weight is 399 g/mol. The first-order valence-electron chi connectivity index (χ1n) is 8.42. The number of aliphatic carboxylic acids is 1. The van der Waals surface area contributed by atoms with Crippen molar-refractivity contribution in [1.82, 2.24) is 9.97 Å². The number of nitrogens with one attached hydrogen (secondary N) is 1. The first kappa shape index (κ1) is 19.6. The molecule has 1 aromatic carbocycles. The Morgan fingerprint density at radius 1 is 1.29 bits per heavy atom. The summed E-state index contributed by atoms with van der Waals surface area (Å²) in [5.41, 5.74) is 5.63. The van der Waals surface area contributed by atoms with Crippen LogP contribution < -0.4 is 20.0 Å². The number of hydrazone groups is 1. The van der Waals surface area contributed by atoms with Gasteiger partial charge >= 0.3 is 0 Å². The standard InChI is InChI=1S/C19H20N4O4S/c1-10-12(3)28-19-17(10)18(20-9-21-19)23-22-11(2)13-5-6-14(15(7-13)26-4)27-8-16(24)25/h5-7,9H,8H2,1-4H3,(H,24,25)(H,20,21,23)/p-1/b22-11-. The molecule has 0 saturated carbocycles. The Hall–Kier alpha value is -3.20. The zero-order valence-electron chi connectivity index (χ0n) is 15.9. The number of carboxylic acids is 1. The van der Waals surface area contributed by atoms with Crippen LogP contribution in [0.2, 0.25) is 0 Å². The van der Waals surface area contributed by atoms with Gasteiger partial charge in [0.15, 0.2) is 17.3 Å². The van der Waals surface area contributed by atoms with Gasteiger partial charge in [0.2, 0.25) is 0 Å². The van der Waals surface area contributed by atoms with Crippen LogP contribution in [0.1, 0.15) is 22.9 Å². The molecule has 2 aromatic heterocycles. The van der Waals surface area contributed by atoms with E-state index in [9.17, 15) is 9.90 Å². The van der Waals surface area contributed by atoms with Crippen LogP contribution in [0.3, 0.4) is 0 Å². The molecule has 0 atom stereocenters. The molecule has 0 unspecified atom stereocenters. The molecule has 8 nitrogen and oxygen atoms in total. The van der Waals surface area contributed by atoms with Gasteiger partial charge in [-0.1, -0.05) is 0 Å². The highest BCUT2D eigenvalue weighted by Crippen LogP contribution is 2.32. The molecule has 1 N–H and O–H groups in total. The van der Waals surface area contributed by atoms with Gasteiger partial charge in [0.25, 0.3) is 0 Å². The Balaban J connectivity index is 1.85. The van der Waals surface area contributed by atoms with Gasteiger partial charge in [-0.15, -0.1) is 11.3 Å². The number of thiophene rings is 1. The van der Waals surface area contributed by atoms with Crippen molar-refractivity contribution in [2.24, 2.45) is 5.10 Å². The summed E-state index contributed by atoms with van der Waals surface area (Å²) in [7, 11) is 1.48. The zero-order valence-corrected chi connectivity index (χ0v) is 16.7. The number of carbonyl (C=O) groups excluding carboxylic acids is 1. The lowest BCUT2D eigenvalue weighted by molar-refractivity contribution is -0.307. The molecule has 2 heterocycles. The van der Waals surface area contributed by atoms with Crippen LogP contribution in [0.5, 0.6) is 11.5 Å². The van der Waals surface area contributed by atoms with Crippen LogP contribution in [0.15, 0.2) is 29.6 Å². The molecule has 0 aliphatic rings. The van der Waals surface area contributed by atoms with Crippen LogP contribution in [-0.2, 0) is 4.79 Å². The van der Waals surface area contributed by atoms with E-state index in [-0.39, 0.29) is 0 Å². The van der Waals surface area contributed by atoms with Crippen molar-refractivity contribution in [2.75, 3.05) is 19.1 Å². The first-order chi connectivity index (χ1) is 13.4. The van der Waals surface area contributed by atoms with E-state index in [0.717, 1.165) is 21.3 Å². The summed E-state index contributed by atoms with van der Waals surface area (Å²) < 4.78 is 10.4. The molecular weight excluding hydrogens is 380 g/mol. The monoisotopic (exact) mass is 399 g/mol. The Kier molecular flexibility index (Phi) is 5.74. The number of hydrogen-bond donors (Lipinski definition) is 1. The van der Waals surface area contributed by atoms with Crippen LogP contribution in [-0.4, -0.2) is 35.4 Å². The number of aryl methyl sites for hydroxylation is 2. The lowest BCUT2D eigenvalue weighted by Crippen LogP contribution is -2.29. The summed E-state index contributed by atoms with van der Waals surface area (Å²) in [4.78, 5) is 21.3. The van der Waals surface area contributed by atoms with Gasteiger partial charge in [-0.3, -0.25) is 5.43 Å². The average Bonchev–Trinajstić information content (AvgIpc) is 2.98. The number of methoxy groups -OCH3 is 1. The number of carboxylic acid groups (broad SMARTS) is 1. The van der Waals surface area contributed by atoms with Crippen molar-refractivity contribution in [3.05, 3.63) is 40.5 Å². The summed E-state index contributed by atoms with van der Waals surface area (Å²) in [5, 5.41) is 16.0. The maximum absolute atomic E-state index is 10.6. The van der Waals surface area contributed by atoms with Gasteiger partial charge in [-0.25, -0.2) is 9.97 Å². The SMILES string of the molecule is COc1cc(/C(C)=N\Nc2ncnc3sc(C)c(C)c23)ccc1OCC(=O)[O-]. The molecule has 0 saturated heterocycles. The van der Waals surface area contributed by atoms with Gasteiger partial charge < -0.3 is 19.4 Å². The highest BCUT2D eigenvalue weighted by molar-refractivity contribution is 7.18. The molecule has 3 rings (SSSR count). The number of aromatic nitrogens is 2. The fourth-order valence-electron chi connectivity index (χ4n) is 2.62. The van der Waals surface area contributed by atoms with E-state index in [0.29, 0.717) is 23.0 Å². The molecule has 28 heavy (non-hydrogen) atoms. The number of benzene rings is 1. The third kappa shape index (κ3) is 4.04. The van der Waals surface area contributed by atoms with Gasteiger partial charge in [0.1, 0.15) is 17.8 Å². The molecule has 0 amide bonds. The minimum Gasteiger partial charge on any atom is -0.546 e. The van der Waals surface area contributed by atoms with Crippen molar-refractivity contribution in [3.8, 4) is 11.5 Å². The van der Waals surface area contributed by atoms with Crippen LogP contribution >= 0.6 is 11.3 Å². The maximum Gasteiger partial charge on any atom is 0.161 e. The number of nitrogens with zero attached hydrogens (tertiary/aromatic N) is 3. The molecule has 0 radical (unpaired) electrons. The Bertz CT molecular complexity index is 1060. The number of ether oxygens (including phenoxy) is 2. The van der Waals surface area contributed by atoms with E-state index in [4.69, 9.17) is 9.47 Å². The van der Waals surface area contributed by atoms with Crippen molar-refractivity contribution >= 4 is 39.1 Å². The normalized spacial score (nSPS) is 11.5. The maximum atomic E-state index is 10.6. The van der Waals surface area contributed by atoms with Crippen molar-refractivity contribution in [3.63, 3.8) is 0 Å². The van der Waals surface area contributed by atoms with E-state index >= 15 is 0 Å². The minimum atomic E-state index is -1.30. The zero-order chi connectivity index (χ0) is 20.3. The van der Waals surface area contributed by atoms with Crippen LogP contribution in [0.4, 0.5) is 5.82 Å². The highest BCUT2D eigenvalue weighted by atomic mass is 32.1. The number of carbonyl (C=O) groups is 1. The summed E-state index contributed by atoms with van der Waals surface area (Å²) in [6, 6.07) is 5.12. The lowest BCUT2D eigenvalue weighted by Gasteiger charge is -2.12. The van der Waals surface area contributed by atoms with E-state index in [1.807, 2.05) is 13.8 Å². The quantitative estimate of drug-likeness (QED) is 0.479. The molecule has 0 aliphatic heterocycles. The second-order valence-corrected chi connectivity index (χ2v) is 7.22. The van der Waals surface area contributed by atoms with E-state index in [1.165, 1.54) is 18.3 Å². The number of hydrogen-bond acceptors (Lipinski definition) is 9. The molecule has 0 fully saturated rings. The summed E-state index contributed by atoms with van der Waals surface area (Å²) in [5.74, 6) is 0.0652. The summed E-state index contributed by atoms with van der Waals surface area (Å²) >= 11 is 1.62. The molecular formula is C19H19N4O4S-. The Morgan fingerprint density at radius 3 is 2.79 bits per heavy atom. The van der Waals surface area contributed by atoms with Gasteiger partial charge in [0, 0.05) is 10.4 Å². The first-order valence-corrected chi connectivity index (χ1v) is 9.24. The summed E-state index contributed by atoms with van der Waals surface area (Å²) in [6.07, 6.45) is 1.51. The molecule has 3 aromatic rings. The van der Waals surface area contributed by atoms with Crippen molar-refractivity contribution < 1.29 is 19.4 Å². The number of anilines is 1. The van der Waals surface area contributed by atoms with Crippen molar-refractivity contribution in [1.29, 1.82) is 0 Å². The fraction of sp³-hybridized carbons (Fsp3) is 0.263. The Morgan fingerprint density at radius 2 is 2.07 bits per heavy atom. The molecule has 9 heteroatoms. The third-order valence-corrected chi connectivity index (χ3v) is 5.34. The second-order valence-electron chi connectivity index (χ2n) is 6.02. The molecule has 146 valence electrons. The highest BCUT2D eigenvalue weighted by Gasteiger charge is 2.12. The number of rotatable bonds is 7. The van der Waals surface area contributed by atoms with Crippen LogP contribution in [0, 0.1) is 13.8 Å². The fourth-order valence-corrected chi connectivity index (χ4v) is 3.61. The van der Waals surface area contributed by atoms with Crippen LogP contribution in [0.25, 0.3) is 10.2 Å². The largest absolute Gasteiger partial charge is 0.546 e. The van der Waals surface area contributed by atoms with E-state index in [1.54, 1.807) is 29.5 Å². The molecule has 0 bridgehead atoms. The van der Waals surface area contributed by atoms with E-state index < -0.39 is 12.6 Å². The van der Waals surface area contributed by atoms with Gasteiger partial charge in [0.05, 0.1) is 24.2 Å². The van der Waals surface area contributed by atoms with Gasteiger partial charge in [-0.2, -0.15) is 5.10 Å². The molecule has 0 aliphatic carbocycles. The molecule has 0 spiro atoms. The van der Waals surface area contributed by atoms with Crippen molar-refractivity contribution in [2.45, 2.75) is 20.8 Å². The predicted octanol–water partition coefficient (Wildman–Crippen LogP) is 2.28. The second kappa shape index (κ2) is 8.22. The third-order valence-electron chi connectivity index (χ3n) is 4.22. The Labute approximate surface area is 165 Å². The van der Waals surface area contributed by atoms with E-state index in [2.05, 4.69) is 27.4 Å². The lowest BCUT2D eigenvalue weighted by atomic mass is 10.1. The minimum absolute atomic E-state index is 0.318. The smallest absolute Gasteiger partial charge is 0.161 e.